The van der Waals surface area contributed by atoms with Crippen molar-refractivity contribution in [3.05, 3.63) is 11.9 Å². The van der Waals surface area contributed by atoms with Crippen LogP contribution in [-0.4, -0.2) is 11.9 Å². The molecule has 0 unspecified atom stereocenters. The summed E-state index contributed by atoms with van der Waals surface area (Å²) in [4.78, 5) is 24.0. The molecule has 1 aliphatic heterocycles. The van der Waals surface area contributed by atoms with Gasteiger partial charge in [-0.25, -0.2) is 0 Å². The van der Waals surface area contributed by atoms with Crippen molar-refractivity contribution in [2.24, 2.45) is 0 Å². The van der Waals surface area contributed by atoms with Crippen molar-refractivity contribution in [2.45, 2.75) is 219 Å². The van der Waals surface area contributed by atoms with Crippen molar-refractivity contribution >= 4 is 11.9 Å². The summed E-state index contributed by atoms with van der Waals surface area (Å²) in [6, 6.07) is 0. The van der Waals surface area contributed by atoms with Crippen LogP contribution in [0.15, 0.2) is 11.9 Å². The predicted molar refractivity (Wildman–Crippen MR) is 179 cm³/mol. The average Bonchev–Trinajstić information content (AvgIpc) is 3.73. The van der Waals surface area contributed by atoms with E-state index in [1.807, 2.05) is 0 Å². The first kappa shape index (κ1) is 39.5. The molecule has 1 heterocycles. The molecule has 0 atom stereocenters. The second-order valence-electron chi connectivity index (χ2n) is 13.0. The predicted octanol–water partition coefficient (Wildman–Crippen LogP) is 12.8. The van der Waals surface area contributed by atoms with Crippen LogP contribution in [-0.2, 0) is 23.8 Å². The molecule has 0 spiro atoms. The molecule has 0 N–H and O–H groups in total. The molecule has 0 bridgehead atoms. The lowest BCUT2D eigenvalue weighted by atomic mass is 10.0. The van der Waals surface area contributed by atoms with Gasteiger partial charge >= 0.3 is 23.8 Å². The van der Waals surface area contributed by atoms with Gasteiger partial charge in [-0.05, 0) is 12.8 Å². The smallest absolute Gasteiger partial charge is 0.381 e. The Hall–Kier alpha value is -1.52. The molecule has 0 aromatic carbocycles. The quantitative estimate of drug-likeness (QED) is 0.0538. The van der Waals surface area contributed by atoms with Crippen LogP contribution in [0, 0.1) is 0 Å². The Morgan fingerprint density at radius 2 is 0.581 bits per heavy atom. The van der Waals surface area contributed by atoms with Crippen LogP contribution in [0.3, 0.4) is 0 Å². The molecule has 5 nitrogen and oxygen atoms in total. The molecule has 0 amide bonds. The van der Waals surface area contributed by atoms with Gasteiger partial charge in [-0.15, -0.1) is 0 Å². The fourth-order valence-electron chi connectivity index (χ4n) is 5.77. The van der Waals surface area contributed by atoms with Crippen LogP contribution in [0.5, 0.6) is 0 Å². The number of esters is 2. The normalized spacial score (nSPS) is 12.4. The van der Waals surface area contributed by atoms with E-state index in [1.54, 1.807) is 0 Å². The Bertz CT molecular complexity index is 630. The van der Waals surface area contributed by atoms with E-state index >= 15 is 0 Å². The number of carbonyl (C=O) groups is 2. The standard InChI is InChI=1S/C38H70O5/c1-3-5-7-9-11-13-15-17-19-21-23-25-27-29-31-33-35(39)41-37-38(43-37)42-36(40)34-32-30-28-26-24-22-20-18-16-14-12-10-8-6-4-2/h3-34H2,1-2H3. The Morgan fingerprint density at radius 1 is 0.372 bits per heavy atom. The number of unbranched alkanes of at least 4 members (excludes halogenated alkanes) is 28. The van der Waals surface area contributed by atoms with E-state index < -0.39 is 0 Å². The molecule has 0 fully saturated rings. The molecule has 0 aromatic heterocycles. The minimum atomic E-state index is -0.307. The minimum absolute atomic E-state index is 0.0656. The first-order valence-corrected chi connectivity index (χ1v) is 19.0. The van der Waals surface area contributed by atoms with Gasteiger partial charge < -0.3 is 14.2 Å². The first-order chi connectivity index (χ1) is 21.2. The van der Waals surface area contributed by atoms with Gasteiger partial charge in [0.1, 0.15) is 0 Å². The van der Waals surface area contributed by atoms with Crippen molar-refractivity contribution in [2.75, 3.05) is 0 Å². The molecular weight excluding hydrogens is 536 g/mol. The summed E-state index contributed by atoms with van der Waals surface area (Å²) < 4.78 is 15.4. The lowest BCUT2D eigenvalue weighted by Gasteiger charge is -2.03. The van der Waals surface area contributed by atoms with E-state index in [0.29, 0.717) is 12.8 Å². The molecule has 252 valence electrons. The molecule has 0 saturated heterocycles. The summed E-state index contributed by atoms with van der Waals surface area (Å²) in [6.07, 6.45) is 39.7. The lowest BCUT2D eigenvalue weighted by molar-refractivity contribution is -0.141. The molecule has 0 aromatic rings. The van der Waals surface area contributed by atoms with E-state index in [1.165, 1.54) is 167 Å². The van der Waals surface area contributed by atoms with Gasteiger partial charge in [-0.1, -0.05) is 194 Å². The van der Waals surface area contributed by atoms with Crippen molar-refractivity contribution in [1.82, 2.24) is 0 Å². The van der Waals surface area contributed by atoms with Gasteiger partial charge in [0.05, 0.1) is 0 Å². The minimum Gasteiger partial charge on any atom is -0.387 e. The van der Waals surface area contributed by atoms with E-state index in [2.05, 4.69) is 13.8 Å². The summed E-state index contributed by atoms with van der Waals surface area (Å²) in [6.45, 7) is 4.55. The maximum absolute atomic E-state index is 12.0. The fourth-order valence-corrected chi connectivity index (χ4v) is 5.77. The third kappa shape index (κ3) is 27.7. The maximum Gasteiger partial charge on any atom is 0.381 e. The highest BCUT2D eigenvalue weighted by Gasteiger charge is 2.35. The molecule has 0 saturated carbocycles. The highest BCUT2D eigenvalue weighted by Crippen LogP contribution is 2.29. The second kappa shape index (κ2) is 30.5. The molecule has 5 heteroatoms. The van der Waals surface area contributed by atoms with Gasteiger partial charge in [-0.3, -0.25) is 9.59 Å². The Balaban J connectivity index is 1.82. The highest BCUT2D eigenvalue weighted by molar-refractivity contribution is 5.72. The van der Waals surface area contributed by atoms with Crippen LogP contribution in [0.25, 0.3) is 0 Å². The van der Waals surface area contributed by atoms with E-state index in [4.69, 9.17) is 14.2 Å². The van der Waals surface area contributed by atoms with Crippen LogP contribution >= 0.6 is 0 Å². The number of carbonyl (C=O) groups excluding carboxylic acids is 2. The lowest BCUT2D eigenvalue weighted by Crippen LogP contribution is -2.01. The van der Waals surface area contributed by atoms with Crippen molar-refractivity contribution in [1.29, 1.82) is 0 Å². The molecule has 0 aliphatic carbocycles. The Labute approximate surface area is 266 Å². The largest absolute Gasteiger partial charge is 0.387 e. The van der Waals surface area contributed by atoms with Crippen LogP contribution in [0.2, 0.25) is 0 Å². The molecule has 1 aliphatic rings. The van der Waals surface area contributed by atoms with Crippen LogP contribution < -0.4 is 0 Å². The molecule has 0 radical (unpaired) electrons. The summed E-state index contributed by atoms with van der Waals surface area (Å²) in [7, 11) is 0. The van der Waals surface area contributed by atoms with E-state index in [-0.39, 0.29) is 23.8 Å². The monoisotopic (exact) mass is 607 g/mol. The Kier molecular flexibility index (Phi) is 28.0. The third-order valence-electron chi connectivity index (χ3n) is 8.69. The fraction of sp³-hybridized carbons (Fsp3) is 0.895. The Morgan fingerprint density at radius 3 is 0.814 bits per heavy atom. The van der Waals surface area contributed by atoms with E-state index in [0.717, 1.165) is 25.7 Å². The highest BCUT2D eigenvalue weighted by atomic mass is 16.8. The first-order valence-electron chi connectivity index (χ1n) is 19.0. The SMILES string of the molecule is CCCCCCCCCCCCCCCCCC(=O)OC1=C(OC(=O)CCCCCCCCCCCCCCCCC)O1. The van der Waals surface area contributed by atoms with Gasteiger partial charge in [0.2, 0.25) is 0 Å². The van der Waals surface area contributed by atoms with Gasteiger partial charge in [0, 0.05) is 12.8 Å². The summed E-state index contributed by atoms with van der Waals surface area (Å²) in [5.41, 5.74) is 0. The van der Waals surface area contributed by atoms with E-state index in [9.17, 15) is 9.59 Å². The molecule has 43 heavy (non-hydrogen) atoms. The van der Waals surface area contributed by atoms with Crippen LogP contribution in [0.1, 0.15) is 219 Å². The number of rotatable bonds is 34. The van der Waals surface area contributed by atoms with Gasteiger partial charge in [0.15, 0.2) is 0 Å². The molecule has 1 rings (SSSR count). The number of hydrogen-bond acceptors (Lipinski definition) is 5. The van der Waals surface area contributed by atoms with Gasteiger partial charge in [0.25, 0.3) is 0 Å². The average molecular weight is 607 g/mol. The van der Waals surface area contributed by atoms with Crippen molar-refractivity contribution < 1.29 is 23.8 Å². The van der Waals surface area contributed by atoms with Crippen molar-refractivity contribution in [3.8, 4) is 0 Å². The van der Waals surface area contributed by atoms with Gasteiger partial charge in [-0.2, -0.15) is 0 Å². The summed E-state index contributed by atoms with van der Waals surface area (Å²) in [5, 5.41) is 0. The zero-order chi connectivity index (χ0) is 31.1. The van der Waals surface area contributed by atoms with Crippen molar-refractivity contribution in [3.63, 3.8) is 0 Å². The number of ether oxygens (including phenoxy) is 3. The topological polar surface area (TPSA) is 65.1 Å². The second-order valence-corrected chi connectivity index (χ2v) is 13.0. The van der Waals surface area contributed by atoms with Crippen LogP contribution in [0.4, 0.5) is 0 Å². The zero-order valence-electron chi connectivity index (χ0n) is 28.7. The molecular formula is C38H70O5. The zero-order valence-corrected chi connectivity index (χ0v) is 28.7. The summed E-state index contributed by atoms with van der Waals surface area (Å²) in [5.74, 6) is -0.483. The summed E-state index contributed by atoms with van der Waals surface area (Å²) >= 11 is 0. The maximum atomic E-state index is 12.0. The number of hydrogen-bond donors (Lipinski definition) is 0. The third-order valence-corrected chi connectivity index (χ3v) is 8.69.